The van der Waals surface area contributed by atoms with E-state index in [9.17, 15) is 19.5 Å². The summed E-state index contributed by atoms with van der Waals surface area (Å²) in [4.78, 5) is 45.6. The maximum Gasteiger partial charge on any atom is 0.519 e. The molecule has 6 rings (SSSR count). The molecule has 4 unspecified atom stereocenters. The zero-order valence-electron chi connectivity index (χ0n) is 26.3. The number of rotatable bonds is 4. The van der Waals surface area contributed by atoms with E-state index in [-0.39, 0.29) is 46.3 Å². The molecule has 3 N–H and O–H groups in total. The van der Waals surface area contributed by atoms with Crippen molar-refractivity contribution in [3.63, 3.8) is 0 Å². The minimum atomic E-state index is -2.95. The second-order valence-corrected chi connectivity index (χ2v) is 18.5. The molecule has 3 aromatic heterocycles. The van der Waals surface area contributed by atoms with Crippen LogP contribution >= 0.6 is 0 Å². The smallest absolute Gasteiger partial charge is 0.441 e. The summed E-state index contributed by atoms with van der Waals surface area (Å²) in [6.45, 7) is 15.6. The Kier molecular flexibility index (Phi) is 7.17. The van der Waals surface area contributed by atoms with Crippen LogP contribution in [0.5, 0.6) is 0 Å². The van der Waals surface area contributed by atoms with Crippen LogP contribution < -0.4 is 16.5 Å². The van der Waals surface area contributed by atoms with Crippen molar-refractivity contribution in [1.29, 1.82) is 0 Å². The van der Waals surface area contributed by atoms with E-state index in [0.717, 1.165) is 0 Å². The first-order valence-electron chi connectivity index (χ1n) is 14.5. The fraction of sp³-hybridized carbons (Fsp3) is 0.552. The Morgan fingerprint density at radius 2 is 1.91 bits per heavy atom. The van der Waals surface area contributed by atoms with Crippen LogP contribution in [0.4, 0.5) is 10.6 Å². The van der Waals surface area contributed by atoms with Crippen LogP contribution in [-0.2, 0) is 29.7 Å². The van der Waals surface area contributed by atoms with Crippen LogP contribution in [0.1, 0.15) is 71.8 Å². The molecule has 0 saturated carbocycles. The van der Waals surface area contributed by atoms with Gasteiger partial charge in [0.05, 0.1) is 17.7 Å². The van der Waals surface area contributed by atoms with Gasteiger partial charge in [0.2, 0.25) is 0 Å². The summed E-state index contributed by atoms with van der Waals surface area (Å²) in [5.74, 6) is -1.03. The summed E-state index contributed by atoms with van der Waals surface area (Å²) < 4.78 is 36.4. The molecule has 2 fully saturated rings. The fourth-order valence-corrected chi connectivity index (χ4v) is 11.7. The second-order valence-electron chi connectivity index (χ2n) is 13.8. The largest absolute Gasteiger partial charge is 0.519 e. The summed E-state index contributed by atoms with van der Waals surface area (Å²) in [5, 5.41) is 17.2. The number of ether oxygens (including phenoxy) is 2. The number of carbonyl (C=O) groups excluding carboxylic acids is 2. The van der Waals surface area contributed by atoms with Gasteiger partial charge in [-0.15, -0.1) is 0 Å². The Labute approximate surface area is 259 Å². The Morgan fingerprint density at radius 3 is 2.56 bits per heavy atom. The van der Waals surface area contributed by atoms with E-state index in [1.165, 1.54) is 19.3 Å². The molecule has 3 aromatic rings. The molecule has 4 atom stereocenters. The number of nitrogens with one attached hydrogen (secondary N) is 2. The number of anilines is 1. The van der Waals surface area contributed by atoms with Crippen molar-refractivity contribution in [3.05, 3.63) is 46.3 Å². The van der Waals surface area contributed by atoms with E-state index in [4.69, 9.17) is 27.2 Å². The minimum absolute atomic E-state index is 0.0494. The van der Waals surface area contributed by atoms with Crippen molar-refractivity contribution < 1.29 is 41.9 Å². The first-order valence-corrected chi connectivity index (χ1v) is 16.4. The summed E-state index contributed by atoms with van der Waals surface area (Å²) >= 11 is 0. The van der Waals surface area contributed by atoms with Gasteiger partial charge >= 0.3 is 20.5 Å². The van der Waals surface area contributed by atoms with E-state index < -0.39 is 50.4 Å². The summed E-state index contributed by atoms with van der Waals surface area (Å²) in [6.07, 6.45) is 0.927. The number of aryl methyl sites for hydroxylation is 1. The minimum Gasteiger partial charge on any atom is -0.441 e. The third kappa shape index (κ3) is 5.00. The molecular weight excluding hydrogens is 606 g/mol. The molecule has 3 aliphatic rings. The zero-order valence-corrected chi connectivity index (χ0v) is 27.3. The molecular formula is C29H37N5O10Si. The van der Waals surface area contributed by atoms with Crippen molar-refractivity contribution in [1.82, 2.24) is 19.9 Å². The van der Waals surface area contributed by atoms with Gasteiger partial charge in [-0.05, 0) is 13.8 Å². The molecule has 0 spiro atoms. The lowest BCUT2D eigenvalue weighted by Gasteiger charge is -2.54. The Balaban J connectivity index is 1.35. The van der Waals surface area contributed by atoms with Gasteiger partial charge in [-0.1, -0.05) is 41.5 Å². The number of aromatic nitrogens is 3. The van der Waals surface area contributed by atoms with Crippen LogP contribution in [0.25, 0.3) is 16.7 Å². The van der Waals surface area contributed by atoms with Gasteiger partial charge in [0.25, 0.3) is 5.91 Å². The van der Waals surface area contributed by atoms with Gasteiger partial charge in [-0.3, -0.25) is 10.1 Å². The van der Waals surface area contributed by atoms with E-state index in [1.807, 2.05) is 0 Å². The number of aliphatic hydroxyl groups is 1. The third-order valence-corrected chi connectivity index (χ3v) is 13.6. The number of hydrogen-bond acceptors (Lipinski definition) is 12. The standard InChI is InChI=1S/C29H37N5O10Si/c1-14-17(43-26(37)41-14)11-39-25(36)32-16-9-19(35)33-22-20-15(16)10-34(23(20)31-13-30-22)24-29(8,38)21-18(42-24)12-40-45(44-21,27(2,3)4)28(5,6)7/h9-10,13,18,21,24,38H,11-12H2,1-8H3,(H,32,36)(H,30,31,33,35). The number of carbonyl (C=O) groups is 2. The monoisotopic (exact) mass is 643 g/mol. The predicted octanol–water partition coefficient (Wildman–Crippen LogP) is 3.61. The van der Waals surface area contributed by atoms with Crippen LogP contribution in [0, 0.1) is 6.92 Å². The number of fused-ring (bicyclic) bond motifs is 1. The van der Waals surface area contributed by atoms with Gasteiger partial charge in [-0.25, -0.2) is 19.6 Å². The Hall–Kier alpha value is -3.83. The molecule has 15 nitrogen and oxygen atoms in total. The van der Waals surface area contributed by atoms with E-state index >= 15 is 0 Å². The maximum absolute atomic E-state index is 12.8. The molecule has 242 valence electrons. The van der Waals surface area contributed by atoms with Crippen LogP contribution in [-0.4, -0.2) is 64.6 Å². The topological polar surface area (TPSA) is 189 Å². The van der Waals surface area contributed by atoms with Gasteiger partial charge in [0.15, 0.2) is 24.4 Å². The number of hydrogen-bond donors (Lipinski definition) is 3. The number of amides is 2. The fourth-order valence-electron chi connectivity index (χ4n) is 6.70. The number of nitrogens with zero attached hydrogens (tertiary/aromatic N) is 3. The summed E-state index contributed by atoms with van der Waals surface area (Å²) in [5.41, 5.74) is -0.731. The lowest BCUT2D eigenvalue weighted by molar-refractivity contribution is -0.111. The maximum atomic E-state index is 12.8. The first kappa shape index (κ1) is 31.2. The highest BCUT2D eigenvalue weighted by molar-refractivity contribution is 6.73. The predicted molar refractivity (Wildman–Crippen MR) is 160 cm³/mol. The molecule has 2 amide bonds. The number of alkyl carbamates (subject to hydrolysis) is 1. The molecule has 3 aliphatic heterocycles. The van der Waals surface area contributed by atoms with Crippen LogP contribution in [0.15, 0.2) is 32.2 Å². The normalized spacial score (nSPS) is 26.2. The lowest BCUT2D eigenvalue weighted by Crippen LogP contribution is -2.66. The first-order chi connectivity index (χ1) is 20.9. The molecule has 2 saturated heterocycles. The summed E-state index contributed by atoms with van der Waals surface area (Å²) in [6, 6.07) is 0. The molecule has 0 aromatic carbocycles. The van der Waals surface area contributed by atoms with Crippen molar-refractivity contribution in [3.8, 4) is 0 Å². The highest BCUT2D eigenvalue weighted by atomic mass is 28.4. The Morgan fingerprint density at radius 1 is 1.20 bits per heavy atom. The Bertz CT molecular complexity index is 1760. The van der Waals surface area contributed by atoms with Gasteiger partial charge in [0.1, 0.15) is 35.6 Å². The molecule has 0 aliphatic carbocycles. The highest BCUT2D eigenvalue weighted by Crippen LogP contribution is 2.57. The average Bonchev–Trinajstić information content (AvgIpc) is 3.52. The highest BCUT2D eigenvalue weighted by Gasteiger charge is 2.67. The SMILES string of the molecule is Cc1oc(=O)oc1COC(=O)NC1=CC(=O)Nc2ncnc3c2c1cn3C1OC2CO[Si](C(C)(C)C)(C(C)(C)C)OC2C1(C)O. The molecule has 0 radical (unpaired) electrons. The van der Waals surface area contributed by atoms with Crippen molar-refractivity contribution in [2.45, 2.75) is 96.1 Å². The van der Waals surface area contributed by atoms with Gasteiger partial charge < -0.3 is 42.2 Å². The second kappa shape index (κ2) is 10.3. The van der Waals surface area contributed by atoms with E-state index in [1.54, 1.807) is 17.7 Å². The van der Waals surface area contributed by atoms with Crippen LogP contribution in [0.3, 0.4) is 0 Å². The van der Waals surface area contributed by atoms with E-state index in [2.05, 4.69) is 62.1 Å². The lowest BCUT2D eigenvalue weighted by atomic mass is 9.96. The van der Waals surface area contributed by atoms with Gasteiger partial charge in [0, 0.05) is 27.9 Å². The van der Waals surface area contributed by atoms with E-state index in [0.29, 0.717) is 16.6 Å². The average molecular weight is 644 g/mol. The van der Waals surface area contributed by atoms with Gasteiger partial charge in [-0.2, -0.15) is 0 Å². The molecule has 6 heterocycles. The van der Waals surface area contributed by atoms with Crippen molar-refractivity contribution in [2.24, 2.45) is 0 Å². The molecule has 45 heavy (non-hydrogen) atoms. The van der Waals surface area contributed by atoms with Crippen molar-refractivity contribution in [2.75, 3.05) is 11.9 Å². The van der Waals surface area contributed by atoms with Crippen LogP contribution in [0.2, 0.25) is 10.1 Å². The van der Waals surface area contributed by atoms with Crippen molar-refractivity contribution >= 4 is 43.1 Å². The molecule has 16 heteroatoms. The quantitative estimate of drug-likeness (QED) is 0.351. The third-order valence-electron chi connectivity index (χ3n) is 8.51. The zero-order chi connectivity index (χ0) is 32.7. The summed E-state index contributed by atoms with van der Waals surface area (Å²) in [7, 11) is -2.95. The molecule has 0 bridgehead atoms.